The van der Waals surface area contributed by atoms with Gasteiger partial charge in [0.15, 0.2) is 0 Å². The summed E-state index contributed by atoms with van der Waals surface area (Å²) in [5, 5.41) is 12.4. The van der Waals surface area contributed by atoms with Crippen LogP contribution in [0.25, 0.3) is 11.1 Å². The van der Waals surface area contributed by atoms with Crippen molar-refractivity contribution >= 4 is 29.5 Å². The van der Waals surface area contributed by atoms with E-state index >= 15 is 4.39 Å². The van der Waals surface area contributed by atoms with E-state index in [4.69, 9.17) is 24.7 Å². The Morgan fingerprint density at radius 3 is 2.14 bits per heavy atom. The number of nitrogens with two attached hydrogens (primary N) is 1. The van der Waals surface area contributed by atoms with Crippen LogP contribution >= 0.6 is 11.8 Å². The Morgan fingerprint density at radius 2 is 1.54 bits per heavy atom. The number of carboxylic acids is 1. The number of nitrogens with zero attached hydrogens (tertiary/aromatic N) is 2. The zero-order valence-corrected chi connectivity index (χ0v) is 34.5. The van der Waals surface area contributed by atoms with E-state index < -0.39 is 41.0 Å². The van der Waals surface area contributed by atoms with Crippen LogP contribution in [0.5, 0.6) is 0 Å². The number of halogens is 2. The largest absolute Gasteiger partial charge is 0.480 e. The van der Waals surface area contributed by atoms with Gasteiger partial charge in [0.25, 0.3) is 0 Å². The molecule has 12 nitrogen and oxygen atoms in total. The van der Waals surface area contributed by atoms with Crippen molar-refractivity contribution in [1.29, 1.82) is 0 Å². The van der Waals surface area contributed by atoms with Crippen molar-refractivity contribution in [2.24, 2.45) is 11.1 Å². The number of carbonyl (C=O) groups excluding carboxylic acids is 2. The Bertz CT molecular complexity index is 1660. The zero-order chi connectivity index (χ0) is 41.6. The molecule has 0 aliphatic heterocycles. The summed E-state index contributed by atoms with van der Waals surface area (Å²) >= 11 is 1.10. The normalized spacial score (nSPS) is 12.7. The van der Waals surface area contributed by atoms with E-state index in [9.17, 15) is 23.9 Å². The second kappa shape index (κ2) is 25.5. The molecular weight excluding hydrogens is 759 g/mol. The van der Waals surface area contributed by atoms with Crippen LogP contribution < -0.4 is 11.1 Å². The third-order valence-electron chi connectivity index (χ3n) is 8.78. The van der Waals surface area contributed by atoms with E-state index in [-0.39, 0.29) is 42.6 Å². The first-order chi connectivity index (χ1) is 27.3. The number of hydrogen-bond acceptors (Lipinski definition) is 9. The van der Waals surface area contributed by atoms with E-state index in [0.29, 0.717) is 71.3 Å². The summed E-state index contributed by atoms with van der Waals surface area (Å²) in [5.41, 5.74) is 7.67. The molecule has 1 aromatic heterocycles. The Balaban J connectivity index is 1.64. The molecule has 0 aliphatic rings. The Kier molecular flexibility index (Phi) is 21.2. The number of aliphatic carboxylic acids is 1. The van der Waals surface area contributed by atoms with Gasteiger partial charge in [0.1, 0.15) is 17.7 Å². The van der Waals surface area contributed by atoms with E-state index in [1.54, 1.807) is 11.1 Å². The SMILES string of the molecule is CCCOCCOCCOCCOCCC(=O)N[C@H](CSCC(=O)N(CCCN)[C@@H](c1cc(-c2cc(F)ccc2F)cn1Cc1ccccc1)C(C)(C)C)C(=O)O. The molecule has 0 radical (unpaired) electrons. The van der Waals surface area contributed by atoms with Gasteiger partial charge in [-0.1, -0.05) is 58.0 Å². The van der Waals surface area contributed by atoms with Crippen LogP contribution in [-0.2, 0) is 39.9 Å². The summed E-state index contributed by atoms with van der Waals surface area (Å²) in [6, 6.07) is 13.1. The molecule has 0 bridgehead atoms. The van der Waals surface area contributed by atoms with Crippen LogP contribution in [0.1, 0.15) is 64.3 Å². The topological polar surface area (TPSA) is 155 Å². The molecule has 57 heavy (non-hydrogen) atoms. The quantitative estimate of drug-likeness (QED) is 0.0754. The maximum absolute atomic E-state index is 15.1. The van der Waals surface area contributed by atoms with Crippen LogP contribution in [0.4, 0.5) is 8.78 Å². The number of ether oxygens (including phenoxy) is 4. The molecule has 0 saturated heterocycles. The van der Waals surface area contributed by atoms with Gasteiger partial charge in [0.05, 0.1) is 58.0 Å². The molecule has 0 aliphatic carbocycles. The minimum atomic E-state index is -1.23. The zero-order valence-electron chi connectivity index (χ0n) is 33.7. The predicted molar refractivity (Wildman–Crippen MR) is 218 cm³/mol. The molecule has 1 heterocycles. The van der Waals surface area contributed by atoms with E-state index in [0.717, 1.165) is 47.6 Å². The highest BCUT2D eigenvalue weighted by Gasteiger charge is 2.37. The molecule has 2 atom stereocenters. The first-order valence-corrected chi connectivity index (χ1v) is 20.6. The van der Waals surface area contributed by atoms with Gasteiger partial charge in [-0.3, -0.25) is 9.59 Å². The van der Waals surface area contributed by atoms with Gasteiger partial charge in [0.2, 0.25) is 11.8 Å². The van der Waals surface area contributed by atoms with Gasteiger partial charge in [-0.15, -0.1) is 11.8 Å². The van der Waals surface area contributed by atoms with Crippen molar-refractivity contribution < 1.29 is 47.2 Å². The minimum Gasteiger partial charge on any atom is -0.480 e. The van der Waals surface area contributed by atoms with E-state index in [1.165, 1.54) is 0 Å². The highest BCUT2D eigenvalue weighted by molar-refractivity contribution is 8.00. The number of carbonyl (C=O) groups is 3. The van der Waals surface area contributed by atoms with Gasteiger partial charge < -0.3 is 44.6 Å². The summed E-state index contributed by atoms with van der Waals surface area (Å²) in [6.07, 6.45) is 3.20. The summed E-state index contributed by atoms with van der Waals surface area (Å²) in [5.74, 6) is -3.22. The lowest BCUT2D eigenvalue weighted by Gasteiger charge is -2.41. The lowest BCUT2D eigenvalue weighted by molar-refractivity contribution is -0.141. The van der Waals surface area contributed by atoms with Crippen LogP contribution in [0.15, 0.2) is 60.8 Å². The molecule has 0 spiro atoms. The lowest BCUT2D eigenvalue weighted by Crippen LogP contribution is -2.45. The summed E-state index contributed by atoms with van der Waals surface area (Å²) in [7, 11) is 0. The Labute approximate surface area is 339 Å². The molecule has 2 amide bonds. The fourth-order valence-corrected chi connectivity index (χ4v) is 7.05. The van der Waals surface area contributed by atoms with E-state index in [1.807, 2.05) is 68.7 Å². The monoisotopic (exact) mass is 818 g/mol. The molecule has 15 heteroatoms. The highest BCUT2D eigenvalue weighted by atomic mass is 32.2. The molecular formula is C42H60F2N4O8S. The van der Waals surface area contributed by atoms with Crippen molar-refractivity contribution in [2.75, 3.05) is 77.5 Å². The standard InChI is InChI=1S/C42H60F2N4O8S/c1-5-17-53-19-21-55-23-24-56-22-20-54-18-14-38(49)46-36(41(51)52)29-57-30-39(50)48(16-9-15-45)40(42(2,3)4)37-25-32(34-26-33(43)12-13-35(34)44)28-47(37)27-31-10-7-6-8-11-31/h6-8,10-13,25-26,28,36,40H,5,9,14-24,27,29-30,45H2,1-4H3,(H,46,49)(H,51,52)/t36-,40+/m1/s1. The molecule has 316 valence electrons. The minimum absolute atomic E-state index is 0.0431. The average Bonchev–Trinajstić information content (AvgIpc) is 3.57. The van der Waals surface area contributed by atoms with Gasteiger partial charge in [-0.05, 0) is 54.6 Å². The van der Waals surface area contributed by atoms with Crippen LogP contribution in [-0.4, -0.2) is 116 Å². The first-order valence-electron chi connectivity index (χ1n) is 19.5. The maximum Gasteiger partial charge on any atom is 0.327 e. The number of benzene rings is 2. The van der Waals surface area contributed by atoms with Crippen LogP contribution in [0.2, 0.25) is 0 Å². The molecule has 2 aromatic carbocycles. The molecule has 0 saturated carbocycles. The van der Waals surface area contributed by atoms with Crippen molar-refractivity contribution in [3.05, 3.63) is 83.7 Å². The number of hydrogen-bond donors (Lipinski definition) is 3. The molecule has 4 N–H and O–H groups in total. The molecule has 3 rings (SSSR count). The average molecular weight is 819 g/mol. The number of amides is 2. The van der Waals surface area contributed by atoms with Gasteiger partial charge in [0, 0.05) is 54.9 Å². The van der Waals surface area contributed by atoms with Crippen LogP contribution in [0.3, 0.4) is 0 Å². The van der Waals surface area contributed by atoms with Crippen molar-refractivity contribution in [1.82, 2.24) is 14.8 Å². The fraction of sp³-hybridized carbons (Fsp3) is 0.548. The second-order valence-corrected chi connectivity index (χ2v) is 15.6. The molecule has 0 fully saturated rings. The Hall–Kier alpha value is -3.86. The maximum atomic E-state index is 15.1. The van der Waals surface area contributed by atoms with Crippen molar-refractivity contribution in [3.63, 3.8) is 0 Å². The number of thioether (sulfide) groups is 1. The third kappa shape index (κ3) is 16.9. The second-order valence-electron chi connectivity index (χ2n) is 14.6. The van der Waals surface area contributed by atoms with E-state index in [2.05, 4.69) is 5.32 Å². The van der Waals surface area contributed by atoms with Gasteiger partial charge in [-0.2, -0.15) is 0 Å². The number of rotatable bonds is 28. The first kappa shape index (κ1) is 47.5. The third-order valence-corrected chi connectivity index (χ3v) is 9.80. The predicted octanol–water partition coefficient (Wildman–Crippen LogP) is 5.92. The summed E-state index contributed by atoms with van der Waals surface area (Å²) < 4.78 is 53.1. The van der Waals surface area contributed by atoms with Crippen molar-refractivity contribution in [2.45, 2.75) is 65.6 Å². The van der Waals surface area contributed by atoms with Crippen LogP contribution in [0, 0.1) is 17.0 Å². The number of carboxylic acid groups (broad SMARTS) is 1. The lowest BCUT2D eigenvalue weighted by atomic mass is 9.83. The Morgan fingerprint density at radius 1 is 0.912 bits per heavy atom. The summed E-state index contributed by atoms with van der Waals surface area (Å²) in [4.78, 5) is 40.6. The molecule has 3 aromatic rings. The summed E-state index contributed by atoms with van der Waals surface area (Å²) in [6.45, 7) is 12.4. The van der Waals surface area contributed by atoms with Gasteiger partial charge >= 0.3 is 5.97 Å². The van der Waals surface area contributed by atoms with Crippen molar-refractivity contribution in [3.8, 4) is 11.1 Å². The smallest absolute Gasteiger partial charge is 0.327 e. The highest BCUT2D eigenvalue weighted by Crippen LogP contribution is 2.41. The number of aromatic nitrogens is 1. The van der Waals surface area contributed by atoms with Gasteiger partial charge in [-0.25, -0.2) is 13.6 Å². The number of nitrogens with one attached hydrogen (secondary N) is 1. The fourth-order valence-electron chi connectivity index (χ4n) is 6.13. The molecule has 0 unspecified atom stereocenters.